The fraction of sp³-hybridized carbons (Fsp3) is 1.00. The third kappa shape index (κ3) is 3.23. The van der Waals surface area contributed by atoms with Crippen LogP contribution >= 0.6 is 0 Å². The van der Waals surface area contributed by atoms with Crippen molar-refractivity contribution in [3.8, 4) is 0 Å². The zero-order valence-electron chi connectivity index (χ0n) is 7.62. The Morgan fingerprint density at radius 1 is 1.25 bits per heavy atom. The highest BCUT2D eigenvalue weighted by Gasteiger charge is 2.19. The maximum Gasteiger partial charge on any atom is 0.0130 e. The molecule has 1 rings (SSSR count). The summed E-state index contributed by atoms with van der Waals surface area (Å²) < 4.78 is 20.8. The molecule has 0 radical (unpaired) electrons. The van der Waals surface area contributed by atoms with Gasteiger partial charge in [-0.3, -0.25) is 4.21 Å². The smallest absolute Gasteiger partial charge is 0.0130 e. The fourth-order valence-corrected chi connectivity index (χ4v) is 2.72. The van der Waals surface area contributed by atoms with Crippen molar-refractivity contribution >= 4 is 11.1 Å². The second-order valence-electron chi connectivity index (χ2n) is 3.77. The van der Waals surface area contributed by atoms with Gasteiger partial charge >= 0.3 is 0 Å². The molecule has 0 aliphatic heterocycles. The summed E-state index contributed by atoms with van der Waals surface area (Å²) in [6.45, 7) is 2.22. The predicted octanol–water partition coefficient (Wildman–Crippen LogP) is 2.08. The van der Waals surface area contributed by atoms with Crippen LogP contribution in [0.25, 0.3) is 0 Å². The topological polar surface area (TPSA) is 40.1 Å². The summed E-state index contributed by atoms with van der Waals surface area (Å²) >= 11 is -1.83. The van der Waals surface area contributed by atoms with Gasteiger partial charge in [0.25, 0.3) is 0 Å². The summed E-state index contributed by atoms with van der Waals surface area (Å²) in [5.74, 6) is 1.70. The van der Waals surface area contributed by atoms with E-state index in [9.17, 15) is 8.76 Å². The Hall–Kier alpha value is 0.110. The van der Waals surface area contributed by atoms with Crippen LogP contribution in [0, 0.1) is 11.8 Å². The molecule has 0 aromatic carbocycles. The van der Waals surface area contributed by atoms with Crippen LogP contribution in [0.2, 0.25) is 0 Å². The molecule has 1 aliphatic carbocycles. The van der Waals surface area contributed by atoms with Gasteiger partial charge in [0.05, 0.1) is 0 Å². The molecule has 0 amide bonds. The molecule has 0 aromatic heterocycles. The monoisotopic (exact) mass is 189 g/mol. The van der Waals surface area contributed by atoms with Crippen molar-refractivity contribution in [2.75, 3.05) is 5.75 Å². The van der Waals surface area contributed by atoms with E-state index in [1.165, 1.54) is 19.3 Å². The van der Waals surface area contributed by atoms with Gasteiger partial charge in [0.15, 0.2) is 0 Å². The van der Waals surface area contributed by atoms with Crippen molar-refractivity contribution in [1.29, 1.82) is 0 Å². The molecule has 1 unspecified atom stereocenters. The molecule has 3 heteroatoms. The number of rotatable bonds is 3. The molecular formula is C9H17O2S-. The molecule has 0 bridgehead atoms. The molecule has 2 nitrogen and oxygen atoms in total. The standard InChI is InChI=1S/C9H18O2S/c1-2-8-3-5-9(6-4-8)7-12(10)11/h8-9H,2-7H2,1H3,(H,10,11)/p-1. The van der Waals surface area contributed by atoms with Crippen molar-refractivity contribution in [3.05, 3.63) is 0 Å². The van der Waals surface area contributed by atoms with E-state index in [1.54, 1.807) is 0 Å². The molecule has 12 heavy (non-hydrogen) atoms. The summed E-state index contributed by atoms with van der Waals surface area (Å²) in [4.78, 5) is 0. The van der Waals surface area contributed by atoms with E-state index >= 15 is 0 Å². The molecule has 1 aliphatic rings. The third-order valence-electron chi connectivity index (χ3n) is 2.92. The van der Waals surface area contributed by atoms with Crippen LogP contribution in [-0.4, -0.2) is 14.5 Å². The highest BCUT2D eigenvalue weighted by Crippen LogP contribution is 2.30. The van der Waals surface area contributed by atoms with Gasteiger partial charge in [-0.25, -0.2) is 0 Å². The van der Waals surface area contributed by atoms with Crippen molar-refractivity contribution in [3.63, 3.8) is 0 Å². The van der Waals surface area contributed by atoms with Gasteiger partial charge in [0.1, 0.15) is 0 Å². The minimum atomic E-state index is -1.83. The zero-order chi connectivity index (χ0) is 8.97. The summed E-state index contributed by atoms with van der Waals surface area (Å²) in [6, 6.07) is 0. The maximum atomic E-state index is 10.4. The minimum Gasteiger partial charge on any atom is -0.772 e. The van der Waals surface area contributed by atoms with E-state index in [1.807, 2.05) is 0 Å². The Morgan fingerprint density at radius 2 is 1.75 bits per heavy atom. The lowest BCUT2D eigenvalue weighted by Crippen LogP contribution is -2.18. The highest BCUT2D eigenvalue weighted by atomic mass is 32.2. The molecule has 0 spiro atoms. The summed E-state index contributed by atoms with van der Waals surface area (Å²) in [7, 11) is 0. The SMILES string of the molecule is CCC1CCC(CS(=O)[O-])CC1. The van der Waals surface area contributed by atoms with E-state index in [-0.39, 0.29) is 0 Å². The van der Waals surface area contributed by atoms with Gasteiger partial charge in [-0.1, -0.05) is 37.3 Å². The largest absolute Gasteiger partial charge is 0.772 e. The summed E-state index contributed by atoms with van der Waals surface area (Å²) in [5.41, 5.74) is 0. The first-order valence-electron chi connectivity index (χ1n) is 4.78. The Kier molecular flexibility index (Phi) is 4.22. The molecule has 0 aromatic rings. The van der Waals surface area contributed by atoms with Gasteiger partial charge in [-0.05, 0) is 24.7 Å². The van der Waals surface area contributed by atoms with E-state index < -0.39 is 11.1 Å². The Bertz CT molecular complexity index is 151. The summed E-state index contributed by atoms with van der Waals surface area (Å²) in [5, 5.41) is 0. The van der Waals surface area contributed by atoms with Gasteiger partial charge < -0.3 is 4.55 Å². The first-order valence-corrected chi connectivity index (χ1v) is 6.02. The molecule has 1 fully saturated rings. The van der Waals surface area contributed by atoms with Gasteiger partial charge in [0, 0.05) is 5.75 Å². The fourth-order valence-electron chi connectivity index (χ4n) is 2.00. The van der Waals surface area contributed by atoms with E-state index in [0.717, 1.165) is 18.8 Å². The van der Waals surface area contributed by atoms with Crippen molar-refractivity contribution in [2.45, 2.75) is 39.0 Å². The lowest BCUT2D eigenvalue weighted by Gasteiger charge is -2.28. The normalized spacial score (nSPS) is 33.2. The van der Waals surface area contributed by atoms with Crippen LogP contribution in [0.4, 0.5) is 0 Å². The van der Waals surface area contributed by atoms with Crippen LogP contribution in [0.15, 0.2) is 0 Å². The first kappa shape index (κ1) is 10.2. The first-order chi connectivity index (χ1) is 5.72. The molecule has 1 saturated carbocycles. The van der Waals surface area contributed by atoms with Crippen molar-refractivity contribution < 1.29 is 8.76 Å². The van der Waals surface area contributed by atoms with E-state index in [4.69, 9.17) is 0 Å². The second-order valence-corrected chi connectivity index (χ2v) is 4.71. The molecule has 72 valence electrons. The Balaban J connectivity index is 2.21. The second kappa shape index (κ2) is 4.97. The molecular weight excluding hydrogens is 172 g/mol. The maximum absolute atomic E-state index is 10.4. The number of hydrogen-bond acceptors (Lipinski definition) is 2. The van der Waals surface area contributed by atoms with Crippen LogP contribution in [0.1, 0.15) is 39.0 Å². The van der Waals surface area contributed by atoms with Gasteiger partial charge in [-0.2, -0.15) is 0 Å². The molecule has 0 heterocycles. The van der Waals surface area contributed by atoms with Crippen molar-refractivity contribution in [1.82, 2.24) is 0 Å². The lowest BCUT2D eigenvalue weighted by atomic mass is 9.82. The van der Waals surface area contributed by atoms with Crippen LogP contribution in [0.5, 0.6) is 0 Å². The average molecular weight is 189 g/mol. The minimum absolute atomic E-state index is 0.385. The predicted molar refractivity (Wildman–Crippen MR) is 49.5 cm³/mol. The quantitative estimate of drug-likeness (QED) is 0.638. The van der Waals surface area contributed by atoms with E-state index in [0.29, 0.717) is 11.7 Å². The van der Waals surface area contributed by atoms with Gasteiger partial charge in [-0.15, -0.1) is 0 Å². The van der Waals surface area contributed by atoms with Crippen LogP contribution < -0.4 is 0 Å². The summed E-state index contributed by atoms with van der Waals surface area (Å²) in [6.07, 6.45) is 5.96. The number of hydrogen-bond donors (Lipinski definition) is 0. The van der Waals surface area contributed by atoms with Crippen LogP contribution in [0.3, 0.4) is 0 Å². The average Bonchev–Trinajstić information content (AvgIpc) is 2.05. The Labute approximate surface area is 77.0 Å². The molecule has 0 N–H and O–H groups in total. The highest BCUT2D eigenvalue weighted by molar-refractivity contribution is 7.79. The van der Waals surface area contributed by atoms with E-state index in [2.05, 4.69) is 6.92 Å². The Morgan fingerprint density at radius 3 is 2.17 bits per heavy atom. The molecule has 1 atom stereocenters. The van der Waals surface area contributed by atoms with Crippen molar-refractivity contribution in [2.24, 2.45) is 11.8 Å². The lowest BCUT2D eigenvalue weighted by molar-refractivity contribution is 0.284. The zero-order valence-corrected chi connectivity index (χ0v) is 8.44. The van der Waals surface area contributed by atoms with Gasteiger partial charge in [0.2, 0.25) is 0 Å². The van der Waals surface area contributed by atoms with Crippen LogP contribution in [-0.2, 0) is 11.1 Å². The molecule has 0 saturated heterocycles. The third-order valence-corrected chi connectivity index (χ3v) is 3.66.